The Balaban J connectivity index is 1.29. The second-order valence-electron chi connectivity index (χ2n) is 10.6. The minimum absolute atomic E-state index is 0.629. The number of nitrogens with zero attached hydrogens (tertiary/aromatic N) is 7. The predicted molar refractivity (Wildman–Crippen MR) is 147 cm³/mol. The van der Waals surface area contributed by atoms with Crippen LogP contribution in [-0.2, 0) is 6.54 Å². The summed E-state index contributed by atoms with van der Waals surface area (Å²) in [5, 5.41) is 17.9. The Morgan fingerprint density at radius 2 is 1.97 bits per heavy atom. The van der Waals surface area contributed by atoms with Crippen LogP contribution in [0.1, 0.15) is 37.8 Å². The average molecular weight is 492 g/mol. The molecule has 1 saturated heterocycles. The van der Waals surface area contributed by atoms with Gasteiger partial charge in [-0.15, -0.1) is 10.2 Å². The van der Waals surface area contributed by atoms with Crippen LogP contribution in [0.15, 0.2) is 61.1 Å². The third kappa shape index (κ3) is 4.32. The Morgan fingerprint density at radius 1 is 1.14 bits per heavy atom. The molecule has 0 N–H and O–H groups in total. The maximum absolute atomic E-state index is 9.15. The van der Waals surface area contributed by atoms with Gasteiger partial charge in [-0.1, -0.05) is 19.1 Å². The standard InChI is InChI=1S/C30H33N7/c1-4-21(2)34(3)16-23-11-12-35(17-23)27-9-10-28-26(13-27)19-36-18-25(24-7-5-22(15-31)6-8-24)14-29(36)30-33-32-20-37(28)30/h5-10,13-14,18,20-21,23H,4,11-12,16-17,19H2,1-3H3/t21-,23-/m0/s1. The van der Waals surface area contributed by atoms with Gasteiger partial charge < -0.3 is 14.4 Å². The quantitative estimate of drug-likeness (QED) is 0.327. The lowest BCUT2D eigenvalue weighted by Crippen LogP contribution is -2.34. The van der Waals surface area contributed by atoms with Crippen molar-refractivity contribution in [1.29, 1.82) is 5.26 Å². The van der Waals surface area contributed by atoms with Gasteiger partial charge in [-0.3, -0.25) is 4.57 Å². The van der Waals surface area contributed by atoms with E-state index >= 15 is 0 Å². The first-order chi connectivity index (χ1) is 18.0. The number of benzene rings is 2. The molecule has 6 rings (SSSR count). The van der Waals surface area contributed by atoms with Crippen LogP contribution < -0.4 is 4.90 Å². The molecule has 2 aromatic heterocycles. The molecule has 0 bridgehead atoms. The molecule has 2 aliphatic rings. The highest BCUT2D eigenvalue weighted by Crippen LogP contribution is 2.35. The van der Waals surface area contributed by atoms with Crippen LogP contribution in [0.2, 0.25) is 0 Å². The molecule has 4 heterocycles. The topological polar surface area (TPSA) is 65.9 Å². The molecule has 7 heteroatoms. The zero-order valence-electron chi connectivity index (χ0n) is 21.8. The number of aromatic nitrogens is 4. The Bertz CT molecular complexity index is 1460. The monoisotopic (exact) mass is 491 g/mol. The lowest BCUT2D eigenvalue weighted by Gasteiger charge is -2.27. The van der Waals surface area contributed by atoms with Gasteiger partial charge in [0, 0.05) is 49.7 Å². The second-order valence-corrected chi connectivity index (χ2v) is 10.6. The molecule has 0 unspecified atom stereocenters. The van der Waals surface area contributed by atoms with Gasteiger partial charge in [-0.05, 0) is 80.3 Å². The van der Waals surface area contributed by atoms with E-state index < -0.39 is 0 Å². The average Bonchev–Trinajstić information content (AvgIpc) is 3.67. The number of nitriles is 1. The molecule has 0 radical (unpaired) electrons. The number of hydrogen-bond donors (Lipinski definition) is 0. The fraction of sp³-hybridized carbons (Fsp3) is 0.367. The number of anilines is 1. The van der Waals surface area contributed by atoms with Crippen LogP contribution in [-0.4, -0.2) is 57.0 Å². The van der Waals surface area contributed by atoms with Crippen molar-refractivity contribution in [3.05, 3.63) is 72.2 Å². The van der Waals surface area contributed by atoms with Crippen molar-refractivity contribution in [3.63, 3.8) is 0 Å². The molecule has 7 nitrogen and oxygen atoms in total. The number of rotatable bonds is 6. The molecule has 188 valence electrons. The largest absolute Gasteiger partial charge is 0.371 e. The van der Waals surface area contributed by atoms with Crippen LogP contribution in [0.5, 0.6) is 0 Å². The zero-order valence-corrected chi connectivity index (χ0v) is 21.8. The van der Waals surface area contributed by atoms with E-state index in [9.17, 15) is 0 Å². The van der Waals surface area contributed by atoms with Crippen LogP contribution >= 0.6 is 0 Å². The van der Waals surface area contributed by atoms with E-state index in [0.29, 0.717) is 17.5 Å². The van der Waals surface area contributed by atoms with Crippen molar-refractivity contribution >= 4 is 5.69 Å². The highest BCUT2D eigenvalue weighted by molar-refractivity contribution is 5.72. The van der Waals surface area contributed by atoms with Gasteiger partial charge >= 0.3 is 0 Å². The summed E-state index contributed by atoms with van der Waals surface area (Å²) < 4.78 is 4.38. The van der Waals surface area contributed by atoms with E-state index in [4.69, 9.17) is 5.26 Å². The summed E-state index contributed by atoms with van der Waals surface area (Å²) in [4.78, 5) is 5.06. The maximum atomic E-state index is 9.15. The first kappa shape index (κ1) is 23.5. The summed E-state index contributed by atoms with van der Waals surface area (Å²) in [6.07, 6.45) is 6.43. The smallest absolute Gasteiger partial charge is 0.185 e. The highest BCUT2D eigenvalue weighted by Gasteiger charge is 2.27. The van der Waals surface area contributed by atoms with Gasteiger partial charge in [0.2, 0.25) is 0 Å². The summed E-state index contributed by atoms with van der Waals surface area (Å²) in [6.45, 7) is 8.73. The Hall–Kier alpha value is -3.89. The van der Waals surface area contributed by atoms with Crippen LogP contribution in [0.3, 0.4) is 0 Å². The molecular formula is C30H33N7. The third-order valence-corrected chi connectivity index (χ3v) is 8.22. The van der Waals surface area contributed by atoms with E-state index in [-0.39, 0.29) is 0 Å². The first-order valence-electron chi connectivity index (χ1n) is 13.2. The van der Waals surface area contributed by atoms with Gasteiger partial charge in [0.15, 0.2) is 5.82 Å². The Labute approximate surface area is 218 Å². The van der Waals surface area contributed by atoms with Gasteiger partial charge in [0.05, 0.1) is 23.0 Å². The fourth-order valence-electron chi connectivity index (χ4n) is 5.74. The van der Waals surface area contributed by atoms with Gasteiger partial charge in [0.25, 0.3) is 0 Å². The van der Waals surface area contributed by atoms with Crippen molar-refractivity contribution < 1.29 is 0 Å². The lowest BCUT2D eigenvalue weighted by molar-refractivity contribution is 0.220. The third-order valence-electron chi connectivity index (χ3n) is 8.22. The summed E-state index contributed by atoms with van der Waals surface area (Å²) >= 11 is 0. The number of hydrogen-bond acceptors (Lipinski definition) is 5. The van der Waals surface area contributed by atoms with Crippen molar-refractivity contribution in [3.8, 4) is 34.4 Å². The lowest BCUT2D eigenvalue weighted by atomic mass is 10.1. The SMILES string of the molecule is CC[C@H](C)N(C)C[C@@H]1CCN(c2ccc3c(c2)Cn2cc(-c4ccc(C#N)cc4)cc2-c2nncn2-3)C1. The molecule has 0 spiro atoms. The molecule has 4 aromatic rings. The molecular weight excluding hydrogens is 458 g/mol. The summed E-state index contributed by atoms with van der Waals surface area (Å²) in [7, 11) is 2.26. The van der Waals surface area contributed by atoms with E-state index in [1.54, 1.807) is 0 Å². The predicted octanol–water partition coefficient (Wildman–Crippen LogP) is 5.19. The zero-order chi connectivity index (χ0) is 25.5. The van der Waals surface area contributed by atoms with Crippen LogP contribution in [0.25, 0.3) is 28.3 Å². The van der Waals surface area contributed by atoms with Crippen LogP contribution in [0.4, 0.5) is 5.69 Å². The van der Waals surface area contributed by atoms with Crippen molar-refractivity contribution in [2.45, 2.75) is 39.3 Å². The van der Waals surface area contributed by atoms with Gasteiger partial charge in [0.1, 0.15) is 6.33 Å². The molecule has 2 aromatic carbocycles. The van der Waals surface area contributed by atoms with Crippen molar-refractivity contribution in [1.82, 2.24) is 24.2 Å². The van der Waals surface area contributed by atoms with Gasteiger partial charge in [-0.2, -0.15) is 5.26 Å². The van der Waals surface area contributed by atoms with Crippen molar-refractivity contribution in [2.75, 3.05) is 31.6 Å². The van der Waals surface area contributed by atoms with E-state index in [2.05, 4.69) is 86.6 Å². The molecule has 2 aliphatic heterocycles. The van der Waals surface area contributed by atoms with E-state index in [1.807, 2.05) is 30.6 Å². The maximum Gasteiger partial charge on any atom is 0.185 e. The fourth-order valence-corrected chi connectivity index (χ4v) is 5.74. The summed E-state index contributed by atoms with van der Waals surface area (Å²) in [5.74, 6) is 1.55. The highest BCUT2D eigenvalue weighted by atomic mass is 15.3. The molecule has 0 saturated carbocycles. The van der Waals surface area contributed by atoms with Crippen LogP contribution in [0, 0.1) is 17.2 Å². The van der Waals surface area contributed by atoms with Crippen molar-refractivity contribution in [2.24, 2.45) is 5.92 Å². The molecule has 37 heavy (non-hydrogen) atoms. The summed E-state index contributed by atoms with van der Waals surface area (Å²) in [6, 6.07) is 19.6. The van der Waals surface area contributed by atoms with Gasteiger partial charge in [-0.25, -0.2) is 0 Å². The minimum atomic E-state index is 0.629. The molecule has 2 atom stereocenters. The Kier molecular flexibility index (Phi) is 6.05. The molecule has 0 amide bonds. The van der Waals surface area contributed by atoms with E-state index in [0.717, 1.165) is 54.5 Å². The second kappa shape index (κ2) is 9.53. The number of fused-ring (bicyclic) bond motifs is 5. The molecule has 1 fully saturated rings. The summed E-state index contributed by atoms with van der Waals surface area (Å²) in [5.41, 5.74) is 7.61. The minimum Gasteiger partial charge on any atom is -0.371 e. The molecule has 0 aliphatic carbocycles. The Morgan fingerprint density at radius 3 is 2.76 bits per heavy atom. The van der Waals surface area contributed by atoms with E-state index in [1.165, 1.54) is 24.1 Å². The normalized spacial score (nSPS) is 17.2. The first-order valence-corrected chi connectivity index (χ1v) is 13.2.